The Morgan fingerprint density at radius 2 is 1.76 bits per heavy atom. The molecule has 0 saturated carbocycles. The molecule has 3 rings (SSSR count). The second-order valence-electron chi connectivity index (χ2n) is 6.28. The third-order valence-corrected chi connectivity index (χ3v) is 4.57. The van der Waals surface area contributed by atoms with Crippen molar-refractivity contribution in [3.05, 3.63) is 59.7 Å². The van der Waals surface area contributed by atoms with Gasteiger partial charge in [-0.15, -0.1) is 0 Å². The molecule has 0 amide bonds. The second kappa shape index (κ2) is 4.81. The van der Waals surface area contributed by atoms with Crippen LogP contribution in [-0.2, 0) is 10.4 Å². The van der Waals surface area contributed by atoms with E-state index in [4.69, 9.17) is 0 Å². The monoisotopic (exact) mass is 280 g/mol. The maximum absolute atomic E-state index is 12.2. The van der Waals surface area contributed by atoms with Crippen LogP contribution in [0.1, 0.15) is 26.3 Å². The maximum atomic E-state index is 12.2. The Bertz CT molecular complexity index is 742. The van der Waals surface area contributed by atoms with Crippen LogP contribution in [0.5, 0.6) is 0 Å². The van der Waals surface area contributed by atoms with Crippen LogP contribution in [0.4, 0.5) is 0 Å². The van der Waals surface area contributed by atoms with Gasteiger partial charge in [-0.3, -0.25) is 4.79 Å². The van der Waals surface area contributed by atoms with Gasteiger partial charge < -0.3 is 5.11 Å². The topological polar surface area (TPSA) is 37.3 Å². The van der Waals surface area contributed by atoms with E-state index in [-0.39, 0.29) is 11.7 Å². The fraction of sp³-hybridized carbons (Fsp3) is 0.316. The molecular formula is C19H20O2. The van der Waals surface area contributed by atoms with E-state index in [1.165, 1.54) is 0 Å². The molecule has 0 aliphatic heterocycles. The van der Waals surface area contributed by atoms with Crippen molar-refractivity contribution < 1.29 is 9.90 Å². The predicted molar refractivity (Wildman–Crippen MR) is 84.9 cm³/mol. The van der Waals surface area contributed by atoms with E-state index in [0.29, 0.717) is 0 Å². The van der Waals surface area contributed by atoms with Gasteiger partial charge in [-0.25, -0.2) is 0 Å². The SMILES string of the molecule is CC1=CC(=O)[C@H](C(C)C)[C@]1(O)c1ccc2ccccc2c1. The summed E-state index contributed by atoms with van der Waals surface area (Å²) >= 11 is 0. The molecule has 0 bridgehead atoms. The molecule has 2 aromatic rings. The Kier molecular flexibility index (Phi) is 3.22. The molecule has 2 nitrogen and oxygen atoms in total. The van der Waals surface area contributed by atoms with Gasteiger partial charge in [0, 0.05) is 0 Å². The fourth-order valence-electron chi connectivity index (χ4n) is 3.51. The summed E-state index contributed by atoms with van der Waals surface area (Å²) in [6, 6.07) is 14.0. The lowest BCUT2D eigenvalue weighted by molar-refractivity contribution is -0.125. The zero-order valence-electron chi connectivity index (χ0n) is 12.6. The summed E-state index contributed by atoms with van der Waals surface area (Å²) < 4.78 is 0. The molecule has 0 spiro atoms. The highest BCUT2D eigenvalue weighted by atomic mass is 16.3. The highest BCUT2D eigenvalue weighted by molar-refractivity contribution is 5.98. The average molecular weight is 280 g/mol. The summed E-state index contributed by atoms with van der Waals surface area (Å²) in [4.78, 5) is 12.2. The molecule has 2 atom stereocenters. The summed E-state index contributed by atoms with van der Waals surface area (Å²) in [5, 5.41) is 13.5. The molecular weight excluding hydrogens is 260 g/mol. The number of rotatable bonds is 2. The first-order chi connectivity index (χ1) is 9.94. The predicted octanol–water partition coefficient (Wildman–Crippen LogP) is 3.83. The summed E-state index contributed by atoms with van der Waals surface area (Å²) in [6.45, 7) is 5.82. The largest absolute Gasteiger partial charge is 0.380 e. The van der Waals surface area contributed by atoms with Crippen LogP contribution in [0.2, 0.25) is 0 Å². The van der Waals surface area contributed by atoms with E-state index in [1.54, 1.807) is 6.08 Å². The van der Waals surface area contributed by atoms with Crippen molar-refractivity contribution in [3.63, 3.8) is 0 Å². The zero-order chi connectivity index (χ0) is 15.2. The van der Waals surface area contributed by atoms with Gasteiger partial charge in [-0.05, 0) is 46.9 Å². The molecule has 1 N–H and O–H groups in total. The van der Waals surface area contributed by atoms with Crippen LogP contribution in [0.3, 0.4) is 0 Å². The van der Waals surface area contributed by atoms with Gasteiger partial charge in [0.1, 0.15) is 5.60 Å². The number of carbonyl (C=O) groups excluding carboxylic acids is 1. The van der Waals surface area contributed by atoms with Crippen LogP contribution in [-0.4, -0.2) is 10.9 Å². The maximum Gasteiger partial charge on any atom is 0.162 e. The Balaban J connectivity index is 2.19. The number of hydrogen-bond donors (Lipinski definition) is 1. The lowest BCUT2D eigenvalue weighted by Gasteiger charge is -2.34. The van der Waals surface area contributed by atoms with E-state index in [0.717, 1.165) is 21.9 Å². The van der Waals surface area contributed by atoms with Gasteiger partial charge >= 0.3 is 0 Å². The summed E-state index contributed by atoms with van der Waals surface area (Å²) in [6.07, 6.45) is 1.60. The molecule has 2 heteroatoms. The third-order valence-electron chi connectivity index (χ3n) is 4.57. The molecule has 0 radical (unpaired) electrons. The highest BCUT2D eigenvalue weighted by Crippen LogP contribution is 2.46. The minimum atomic E-state index is -1.19. The minimum absolute atomic E-state index is 0.0261. The first-order valence-corrected chi connectivity index (χ1v) is 7.39. The van der Waals surface area contributed by atoms with Crippen molar-refractivity contribution in [3.8, 4) is 0 Å². The number of hydrogen-bond acceptors (Lipinski definition) is 2. The lowest BCUT2D eigenvalue weighted by atomic mass is 9.74. The van der Waals surface area contributed by atoms with Gasteiger partial charge in [-0.2, -0.15) is 0 Å². The van der Waals surface area contributed by atoms with Crippen molar-refractivity contribution in [2.75, 3.05) is 0 Å². The Hall–Kier alpha value is -1.93. The quantitative estimate of drug-likeness (QED) is 0.907. The summed E-state index contributed by atoms with van der Waals surface area (Å²) in [7, 11) is 0. The number of fused-ring (bicyclic) bond motifs is 1. The van der Waals surface area contributed by atoms with Crippen molar-refractivity contribution in [1.82, 2.24) is 0 Å². The van der Waals surface area contributed by atoms with Gasteiger partial charge in [0.05, 0.1) is 5.92 Å². The van der Waals surface area contributed by atoms with Gasteiger partial charge in [0.25, 0.3) is 0 Å². The highest BCUT2D eigenvalue weighted by Gasteiger charge is 2.49. The molecule has 108 valence electrons. The Morgan fingerprint density at radius 1 is 1.10 bits per heavy atom. The smallest absolute Gasteiger partial charge is 0.162 e. The van der Waals surface area contributed by atoms with Crippen molar-refractivity contribution in [1.29, 1.82) is 0 Å². The van der Waals surface area contributed by atoms with Gasteiger partial charge in [0.2, 0.25) is 0 Å². The standard InChI is InChI=1S/C19H20O2/c1-12(2)18-17(20)10-13(3)19(18,21)16-9-8-14-6-4-5-7-15(14)11-16/h4-12,18,21H,1-3H3/t18-,19+/m0/s1. The summed E-state index contributed by atoms with van der Waals surface area (Å²) in [5.74, 6) is -0.292. The number of benzene rings is 2. The fourth-order valence-corrected chi connectivity index (χ4v) is 3.51. The second-order valence-corrected chi connectivity index (χ2v) is 6.28. The van der Waals surface area contributed by atoms with E-state index in [1.807, 2.05) is 63.2 Å². The number of aliphatic hydroxyl groups is 1. The van der Waals surface area contributed by atoms with Crippen molar-refractivity contribution in [2.45, 2.75) is 26.4 Å². The first-order valence-electron chi connectivity index (χ1n) is 7.39. The molecule has 0 heterocycles. The number of allylic oxidation sites excluding steroid dienone is 1. The van der Waals surface area contributed by atoms with Gasteiger partial charge in [0.15, 0.2) is 5.78 Å². The zero-order valence-corrected chi connectivity index (χ0v) is 12.6. The van der Waals surface area contributed by atoms with Crippen molar-refractivity contribution >= 4 is 16.6 Å². The molecule has 1 aliphatic carbocycles. The van der Waals surface area contributed by atoms with Crippen LogP contribution in [0, 0.1) is 11.8 Å². The van der Waals surface area contributed by atoms with E-state index in [9.17, 15) is 9.90 Å². The molecule has 0 fully saturated rings. The normalized spacial score (nSPS) is 25.7. The van der Waals surface area contributed by atoms with E-state index in [2.05, 4.69) is 0 Å². The van der Waals surface area contributed by atoms with Crippen LogP contribution < -0.4 is 0 Å². The molecule has 2 aromatic carbocycles. The average Bonchev–Trinajstić information content (AvgIpc) is 2.69. The van der Waals surface area contributed by atoms with Crippen LogP contribution in [0.25, 0.3) is 10.8 Å². The molecule has 21 heavy (non-hydrogen) atoms. The molecule has 0 saturated heterocycles. The van der Waals surface area contributed by atoms with Crippen LogP contribution in [0.15, 0.2) is 54.1 Å². The first kappa shape index (κ1) is 14.0. The third kappa shape index (κ3) is 2.02. The minimum Gasteiger partial charge on any atom is -0.380 e. The lowest BCUT2D eigenvalue weighted by Crippen LogP contribution is -2.38. The molecule has 0 unspecified atom stereocenters. The Labute approximate surface area is 125 Å². The Morgan fingerprint density at radius 3 is 2.43 bits per heavy atom. The van der Waals surface area contributed by atoms with Crippen LogP contribution >= 0.6 is 0 Å². The van der Waals surface area contributed by atoms with Gasteiger partial charge in [-0.1, -0.05) is 50.2 Å². The van der Waals surface area contributed by atoms with Crippen molar-refractivity contribution in [2.24, 2.45) is 11.8 Å². The van der Waals surface area contributed by atoms with E-state index >= 15 is 0 Å². The molecule has 1 aliphatic rings. The molecule has 0 aromatic heterocycles. The summed E-state index contributed by atoms with van der Waals surface area (Å²) in [5.41, 5.74) is 0.357. The number of ketones is 1. The number of carbonyl (C=O) groups is 1. The van der Waals surface area contributed by atoms with E-state index < -0.39 is 11.5 Å².